The van der Waals surface area contributed by atoms with Gasteiger partial charge in [-0.2, -0.15) is 4.39 Å². The number of nitrogens with two attached hydrogens (primary N) is 1. The Kier molecular flexibility index (Phi) is 7.73. The Labute approximate surface area is 214 Å². The number of rotatable bonds is 4. The molecule has 11 heteroatoms. The quantitative estimate of drug-likeness (QED) is 0.147. The van der Waals surface area contributed by atoms with Crippen LogP contribution in [0, 0.1) is 22.5 Å². The summed E-state index contributed by atoms with van der Waals surface area (Å²) in [6.45, 7) is 2.96. The predicted molar refractivity (Wildman–Crippen MR) is 139 cm³/mol. The van der Waals surface area contributed by atoms with Crippen LogP contribution in [0.2, 0.25) is 0 Å². The predicted octanol–water partition coefficient (Wildman–Crippen LogP) is 6.00. The van der Waals surface area contributed by atoms with Gasteiger partial charge in [0.25, 0.3) is 0 Å². The van der Waals surface area contributed by atoms with Gasteiger partial charge in [0.2, 0.25) is 5.13 Å². The Bertz CT molecular complexity index is 1480. The zero-order valence-corrected chi connectivity index (χ0v) is 20.7. The zero-order valence-electron chi connectivity index (χ0n) is 19.0. The molecule has 3 heterocycles. The molecule has 0 saturated carbocycles. The van der Waals surface area contributed by atoms with E-state index in [4.69, 9.17) is 22.7 Å². The van der Waals surface area contributed by atoms with Crippen molar-refractivity contribution in [3.8, 4) is 22.8 Å². The first-order chi connectivity index (χ1) is 17.2. The van der Waals surface area contributed by atoms with Crippen LogP contribution in [0.5, 0.6) is 11.5 Å². The number of nitrogens with one attached hydrogen (secondary N) is 1. The number of para-hydroxylation sites is 1. The summed E-state index contributed by atoms with van der Waals surface area (Å²) in [4.78, 5) is 11.0. The molecule has 0 bridgehead atoms. The number of phenols is 2. The third-order valence-corrected chi connectivity index (χ3v) is 6.54. The van der Waals surface area contributed by atoms with Gasteiger partial charge in [0, 0.05) is 29.5 Å². The van der Waals surface area contributed by atoms with Gasteiger partial charge in [-0.3, -0.25) is 4.99 Å². The number of hydrogen-bond donors (Lipinski definition) is 4. The summed E-state index contributed by atoms with van der Waals surface area (Å²) in [6.07, 6.45) is 3.17. The minimum Gasteiger partial charge on any atom is -0.504 e. The Hall–Kier alpha value is -3.67. The van der Waals surface area contributed by atoms with Crippen molar-refractivity contribution in [2.75, 3.05) is 18.9 Å². The Balaban J connectivity index is 0.000000169. The van der Waals surface area contributed by atoms with Gasteiger partial charge in [-0.05, 0) is 42.3 Å². The third kappa shape index (κ3) is 5.76. The van der Waals surface area contributed by atoms with E-state index in [1.165, 1.54) is 18.3 Å². The number of anilines is 1. The van der Waals surface area contributed by atoms with Crippen LogP contribution in [0.3, 0.4) is 0 Å². The average molecular weight is 529 g/mol. The summed E-state index contributed by atoms with van der Waals surface area (Å²) >= 11 is 5.80. The summed E-state index contributed by atoms with van der Waals surface area (Å²) < 4.78 is 33.1. The fourth-order valence-corrected chi connectivity index (χ4v) is 4.07. The van der Waals surface area contributed by atoms with Gasteiger partial charge >= 0.3 is 0 Å². The number of thiazole rings is 1. The Morgan fingerprint density at radius 2 is 2.00 bits per heavy atom. The Morgan fingerprint density at radius 1 is 1.22 bits per heavy atom. The number of benzene rings is 2. The molecule has 1 saturated heterocycles. The first-order valence-electron chi connectivity index (χ1n) is 10.8. The van der Waals surface area contributed by atoms with Crippen LogP contribution in [0.1, 0.15) is 22.6 Å². The number of halogens is 2. The second-order valence-corrected chi connectivity index (χ2v) is 9.38. The largest absolute Gasteiger partial charge is 0.504 e. The zero-order chi connectivity index (χ0) is 25.8. The second kappa shape index (κ2) is 10.9. The smallest absolute Gasteiger partial charge is 0.206 e. The highest BCUT2D eigenvalue weighted by Gasteiger charge is 2.24. The molecule has 0 spiro atoms. The van der Waals surface area contributed by atoms with Crippen molar-refractivity contribution >= 4 is 40.6 Å². The molecular formula is C25H22F2N4O3S2. The number of hydrogen-bond acceptors (Lipinski definition) is 8. The molecule has 0 atom stereocenters. The van der Waals surface area contributed by atoms with E-state index in [2.05, 4.69) is 15.0 Å². The summed E-state index contributed by atoms with van der Waals surface area (Å²) in [5.74, 6) is -0.597. The maximum atomic E-state index is 13.9. The number of ether oxygens (including phenoxy) is 1. The molecule has 1 aliphatic heterocycles. The van der Waals surface area contributed by atoms with E-state index in [1.54, 1.807) is 30.5 Å². The van der Waals surface area contributed by atoms with Crippen molar-refractivity contribution in [2.45, 2.75) is 12.8 Å². The number of aromatic hydroxyl groups is 2. The van der Waals surface area contributed by atoms with Crippen molar-refractivity contribution in [1.29, 1.82) is 0 Å². The normalized spacial score (nSPS) is 13.3. The number of aliphatic imine (C=N–C) groups is 1. The Morgan fingerprint density at radius 3 is 2.61 bits per heavy atom. The monoisotopic (exact) mass is 528 g/mol. The van der Waals surface area contributed by atoms with Gasteiger partial charge in [-0.15, -0.1) is 0 Å². The van der Waals surface area contributed by atoms with Crippen LogP contribution >= 0.6 is 23.6 Å². The van der Waals surface area contributed by atoms with Crippen molar-refractivity contribution in [1.82, 2.24) is 9.97 Å². The molecule has 2 aromatic carbocycles. The van der Waals surface area contributed by atoms with E-state index in [0.29, 0.717) is 40.2 Å². The van der Waals surface area contributed by atoms with Gasteiger partial charge < -0.3 is 25.7 Å². The molecule has 4 aromatic rings. The summed E-state index contributed by atoms with van der Waals surface area (Å²) in [7, 11) is 0. The molecule has 1 aliphatic rings. The highest BCUT2D eigenvalue weighted by molar-refractivity contribution is 7.71. The van der Waals surface area contributed by atoms with Gasteiger partial charge in [0.05, 0.1) is 18.9 Å². The van der Waals surface area contributed by atoms with E-state index in [0.717, 1.165) is 16.9 Å². The third-order valence-electron chi connectivity index (χ3n) is 5.43. The number of aryl methyl sites for hydroxylation is 1. The number of pyridine rings is 1. The lowest BCUT2D eigenvalue weighted by Crippen LogP contribution is -2.25. The summed E-state index contributed by atoms with van der Waals surface area (Å²) in [6, 6.07) is 11.2. The van der Waals surface area contributed by atoms with Crippen LogP contribution in [-0.4, -0.2) is 39.6 Å². The molecular weight excluding hydrogens is 506 g/mol. The van der Waals surface area contributed by atoms with E-state index >= 15 is 0 Å². The van der Waals surface area contributed by atoms with E-state index in [-0.39, 0.29) is 34.1 Å². The van der Waals surface area contributed by atoms with Crippen LogP contribution in [-0.2, 0) is 4.74 Å². The lowest BCUT2D eigenvalue weighted by Gasteiger charge is -2.26. The van der Waals surface area contributed by atoms with Gasteiger partial charge in [0.1, 0.15) is 16.2 Å². The number of H-pyrrole nitrogens is 1. The van der Waals surface area contributed by atoms with E-state index in [9.17, 15) is 19.0 Å². The molecule has 5 N–H and O–H groups in total. The van der Waals surface area contributed by atoms with Crippen molar-refractivity contribution in [3.63, 3.8) is 0 Å². The number of aromatic nitrogens is 2. The summed E-state index contributed by atoms with van der Waals surface area (Å²) in [5.41, 5.74) is 8.62. The highest BCUT2D eigenvalue weighted by atomic mass is 32.1. The molecule has 1 fully saturated rings. The minimum absolute atomic E-state index is 0.101. The fraction of sp³-hybridized carbons (Fsp3) is 0.160. The molecule has 2 aromatic heterocycles. The van der Waals surface area contributed by atoms with Crippen LogP contribution in [0.4, 0.5) is 19.6 Å². The van der Waals surface area contributed by atoms with Crippen molar-refractivity contribution in [2.24, 2.45) is 4.99 Å². The van der Waals surface area contributed by atoms with Crippen molar-refractivity contribution < 1.29 is 23.7 Å². The fourth-order valence-electron chi connectivity index (χ4n) is 3.37. The van der Waals surface area contributed by atoms with Gasteiger partial charge in [-0.1, -0.05) is 41.8 Å². The molecule has 186 valence electrons. The maximum absolute atomic E-state index is 13.9. The van der Waals surface area contributed by atoms with Gasteiger partial charge in [0.15, 0.2) is 16.6 Å². The van der Waals surface area contributed by atoms with Crippen LogP contribution < -0.4 is 5.73 Å². The van der Waals surface area contributed by atoms with Crippen LogP contribution in [0.25, 0.3) is 11.3 Å². The maximum Gasteiger partial charge on any atom is 0.206 e. The minimum atomic E-state index is -0.494. The molecule has 0 radical (unpaired) electrons. The SMILES string of the molecule is Cc1cc(N=Cc2cccc(O)c2O)c[nH]c1=S.Nc1nc(-c2ccc(C3COC3)c(F)c2)c(F)s1. The van der Waals surface area contributed by atoms with Gasteiger partial charge in [-0.25, -0.2) is 9.37 Å². The van der Waals surface area contributed by atoms with E-state index < -0.39 is 5.13 Å². The molecule has 0 aliphatic carbocycles. The number of aromatic amines is 1. The number of nitrogen functional groups attached to an aromatic ring is 1. The first kappa shape index (κ1) is 25.4. The second-order valence-electron chi connectivity index (χ2n) is 7.99. The summed E-state index contributed by atoms with van der Waals surface area (Å²) in [5, 5.41) is 18.6. The lowest BCUT2D eigenvalue weighted by atomic mass is 9.95. The van der Waals surface area contributed by atoms with Crippen molar-refractivity contribution in [3.05, 3.63) is 80.9 Å². The first-order valence-corrected chi connectivity index (χ1v) is 12.0. The standard InChI is InChI=1S/C13H12N2O2S.C12H10F2N2OS/c1-8-5-10(7-15-13(8)18)14-6-9-3-2-4-11(16)12(9)17;13-9-3-6(10-11(14)18-12(15)16-10)1-2-8(9)7-4-17-5-7/h2-7,16-17H,1H3,(H,15,18);1-3,7H,4-5H2,(H2,15,16). The molecule has 7 nitrogen and oxygen atoms in total. The average Bonchev–Trinajstić information content (AvgIpc) is 3.15. The number of phenolic OH excluding ortho intramolecular Hbond substituents is 2. The highest BCUT2D eigenvalue weighted by Crippen LogP contribution is 2.32. The topological polar surface area (TPSA) is 117 Å². The van der Waals surface area contributed by atoms with E-state index in [1.807, 2.05) is 13.0 Å². The molecule has 36 heavy (non-hydrogen) atoms. The number of nitrogens with zero attached hydrogens (tertiary/aromatic N) is 2. The molecule has 5 rings (SSSR count). The molecule has 0 unspecified atom stereocenters. The lowest BCUT2D eigenvalue weighted by molar-refractivity contribution is 0.00704. The van der Waals surface area contributed by atoms with Crippen LogP contribution in [0.15, 0.2) is 53.7 Å². The molecule has 0 amide bonds.